The van der Waals surface area contributed by atoms with Crippen molar-refractivity contribution in [2.24, 2.45) is 5.92 Å². The lowest BCUT2D eigenvalue weighted by Crippen LogP contribution is -2.35. The molecule has 0 amide bonds. The highest BCUT2D eigenvalue weighted by Crippen LogP contribution is 2.18. The first-order valence-electron chi connectivity index (χ1n) is 6.32. The van der Waals surface area contributed by atoms with E-state index in [1.54, 1.807) is 12.1 Å². The molecular formula is C13H19N3O2. The first-order valence-corrected chi connectivity index (χ1v) is 6.32. The van der Waals surface area contributed by atoms with E-state index in [-0.39, 0.29) is 10.6 Å². The molecule has 1 aliphatic heterocycles. The molecule has 1 aliphatic rings. The van der Waals surface area contributed by atoms with Gasteiger partial charge in [-0.05, 0) is 44.5 Å². The van der Waals surface area contributed by atoms with Crippen LogP contribution < -0.4 is 5.32 Å². The van der Waals surface area contributed by atoms with E-state index in [4.69, 9.17) is 0 Å². The van der Waals surface area contributed by atoms with Gasteiger partial charge in [-0.1, -0.05) is 0 Å². The monoisotopic (exact) mass is 249 g/mol. The second-order valence-electron chi connectivity index (χ2n) is 4.96. The molecule has 5 nitrogen and oxygen atoms in total. The van der Waals surface area contributed by atoms with Crippen LogP contribution in [0.2, 0.25) is 0 Å². The van der Waals surface area contributed by atoms with Crippen LogP contribution in [0.5, 0.6) is 0 Å². The maximum absolute atomic E-state index is 10.5. The molecule has 1 N–H and O–H groups in total. The summed E-state index contributed by atoms with van der Waals surface area (Å²) >= 11 is 0. The summed E-state index contributed by atoms with van der Waals surface area (Å²) < 4.78 is 0. The Morgan fingerprint density at radius 1 is 1.44 bits per heavy atom. The van der Waals surface area contributed by atoms with Crippen LogP contribution in [0.3, 0.4) is 0 Å². The molecule has 0 aliphatic carbocycles. The Labute approximate surface area is 107 Å². The average Bonchev–Trinajstić information content (AvgIpc) is 2.37. The molecule has 0 aromatic heterocycles. The number of hydrogen-bond donors (Lipinski definition) is 1. The zero-order valence-corrected chi connectivity index (χ0v) is 10.6. The standard InChI is InChI=1S/C13H19N3O2/c1-15-8-2-3-11(10-15)9-14-12-4-6-13(7-5-12)16(17)18/h4-7,11,14H,2-3,8-10H2,1H3. The molecule has 2 rings (SSSR count). The highest BCUT2D eigenvalue weighted by Gasteiger charge is 2.16. The molecule has 5 heteroatoms. The van der Waals surface area contributed by atoms with Crippen molar-refractivity contribution in [3.05, 3.63) is 34.4 Å². The van der Waals surface area contributed by atoms with Crippen LogP contribution in [-0.2, 0) is 0 Å². The van der Waals surface area contributed by atoms with Crippen molar-refractivity contribution in [1.29, 1.82) is 0 Å². The van der Waals surface area contributed by atoms with E-state index >= 15 is 0 Å². The highest BCUT2D eigenvalue weighted by atomic mass is 16.6. The second-order valence-corrected chi connectivity index (χ2v) is 4.96. The van der Waals surface area contributed by atoms with Crippen molar-refractivity contribution in [3.63, 3.8) is 0 Å². The minimum atomic E-state index is -0.375. The van der Waals surface area contributed by atoms with E-state index in [2.05, 4.69) is 17.3 Å². The number of likely N-dealkylation sites (tertiary alicyclic amines) is 1. The Hall–Kier alpha value is -1.62. The molecule has 1 heterocycles. The quantitative estimate of drug-likeness (QED) is 0.657. The molecule has 0 bridgehead atoms. The summed E-state index contributed by atoms with van der Waals surface area (Å²) in [5.74, 6) is 0.666. The minimum absolute atomic E-state index is 0.137. The summed E-state index contributed by atoms with van der Waals surface area (Å²) in [4.78, 5) is 12.5. The maximum Gasteiger partial charge on any atom is 0.269 e. The smallest absolute Gasteiger partial charge is 0.269 e. The van der Waals surface area contributed by atoms with E-state index in [0.29, 0.717) is 5.92 Å². The van der Waals surface area contributed by atoms with Crippen LogP contribution in [0.15, 0.2) is 24.3 Å². The molecule has 1 atom stereocenters. The molecule has 1 fully saturated rings. The van der Waals surface area contributed by atoms with Crippen molar-refractivity contribution in [3.8, 4) is 0 Å². The number of hydrogen-bond acceptors (Lipinski definition) is 4. The SMILES string of the molecule is CN1CCCC(CNc2ccc([N+](=O)[O-])cc2)C1. The van der Waals surface area contributed by atoms with Crippen LogP contribution in [0.4, 0.5) is 11.4 Å². The third kappa shape index (κ3) is 3.43. The van der Waals surface area contributed by atoms with Crippen molar-refractivity contribution < 1.29 is 4.92 Å². The fourth-order valence-electron chi connectivity index (χ4n) is 2.40. The largest absolute Gasteiger partial charge is 0.385 e. The van der Waals surface area contributed by atoms with Crippen LogP contribution in [0.25, 0.3) is 0 Å². The third-order valence-corrected chi connectivity index (χ3v) is 3.40. The topological polar surface area (TPSA) is 58.4 Å². The molecule has 1 saturated heterocycles. The molecule has 1 aromatic carbocycles. The Bertz CT molecular complexity index is 405. The molecule has 18 heavy (non-hydrogen) atoms. The van der Waals surface area contributed by atoms with E-state index in [0.717, 1.165) is 18.8 Å². The predicted octanol–water partition coefficient (Wildman–Crippen LogP) is 2.35. The number of benzene rings is 1. The number of nitrogens with zero attached hydrogens (tertiary/aromatic N) is 2. The summed E-state index contributed by atoms with van der Waals surface area (Å²) in [6, 6.07) is 6.61. The number of nitro benzene ring substituents is 1. The van der Waals surface area contributed by atoms with E-state index in [1.807, 2.05) is 0 Å². The lowest BCUT2D eigenvalue weighted by atomic mass is 9.98. The van der Waals surface area contributed by atoms with Gasteiger partial charge in [0.15, 0.2) is 0 Å². The van der Waals surface area contributed by atoms with Gasteiger partial charge in [0.2, 0.25) is 0 Å². The number of nitrogens with one attached hydrogen (secondary N) is 1. The summed E-state index contributed by atoms with van der Waals surface area (Å²) in [6.45, 7) is 3.25. The highest BCUT2D eigenvalue weighted by molar-refractivity contribution is 5.48. The van der Waals surface area contributed by atoms with E-state index in [1.165, 1.54) is 31.5 Å². The number of piperidine rings is 1. The minimum Gasteiger partial charge on any atom is -0.385 e. The first kappa shape index (κ1) is 12.8. The van der Waals surface area contributed by atoms with E-state index in [9.17, 15) is 10.1 Å². The fraction of sp³-hybridized carbons (Fsp3) is 0.538. The third-order valence-electron chi connectivity index (χ3n) is 3.40. The first-order chi connectivity index (χ1) is 8.65. The molecule has 1 aromatic rings. The van der Waals surface area contributed by atoms with Gasteiger partial charge in [-0.15, -0.1) is 0 Å². The second kappa shape index (κ2) is 5.82. The predicted molar refractivity (Wildman–Crippen MR) is 71.8 cm³/mol. The summed E-state index contributed by atoms with van der Waals surface area (Å²) in [6.07, 6.45) is 2.51. The van der Waals surface area contributed by atoms with Gasteiger partial charge in [0.1, 0.15) is 0 Å². The van der Waals surface area contributed by atoms with Crippen LogP contribution >= 0.6 is 0 Å². The van der Waals surface area contributed by atoms with Gasteiger partial charge in [0.25, 0.3) is 5.69 Å². The molecular weight excluding hydrogens is 230 g/mol. The van der Waals surface area contributed by atoms with Gasteiger partial charge in [0, 0.05) is 30.9 Å². The van der Waals surface area contributed by atoms with Gasteiger partial charge in [0.05, 0.1) is 4.92 Å². The number of nitro groups is 1. The molecule has 0 spiro atoms. The lowest BCUT2D eigenvalue weighted by Gasteiger charge is -2.29. The number of anilines is 1. The van der Waals surface area contributed by atoms with Gasteiger partial charge >= 0.3 is 0 Å². The van der Waals surface area contributed by atoms with Crippen molar-refractivity contribution in [2.45, 2.75) is 12.8 Å². The van der Waals surface area contributed by atoms with E-state index < -0.39 is 0 Å². The zero-order valence-electron chi connectivity index (χ0n) is 10.6. The van der Waals surface area contributed by atoms with Crippen LogP contribution in [0.1, 0.15) is 12.8 Å². The Balaban J connectivity index is 1.84. The van der Waals surface area contributed by atoms with Crippen LogP contribution in [-0.4, -0.2) is 36.5 Å². The average molecular weight is 249 g/mol. The maximum atomic E-state index is 10.5. The lowest BCUT2D eigenvalue weighted by molar-refractivity contribution is -0.384. The molecule has 98 valence electrons. The molecule has 1 unspecified atom stereocenters. The number of rotatable bonds is 4. The van der Waals surface area contributed by atoms with Crippen LogP contribution in [0, 0.1) is 16.0 Å². The Morgan fingerprint density at radius 2 is 2.17 bits per heavy atom. The Kier molecular flexibility index (Phi) is 4.15. The number of non-ortho nitro benzene ring substituents is 1. The van der Waals surface area contributed by atoms with Crippen molar-refractivity contribution in [1.82, 2.24) is 4.90 Å². The normalized spacial score (nSPS) is 20.6. The van der Waals surface area contributed by atoms with Gasteiger partial charge < -0.3 is 10.2 Å². The fourth-order valence-corrected chi connectivity index (χ4v) is 2.40. The van der Waals surface area contributed by atoms with Gasteiger partial charge in [-0.3, -0.25) is 10.1 Å². The summed E-state index contributed by atoms with van der Waals surface area (Å²) in [5, 5.41) is 13.9. The molecule has 0 radical (unpaired) electrons. The van der Waals surface area contributed by atoms with Crippen molar-refractivity contribution >= 4 is 11.4 Å². The zero-order chi connectivity index (χ0) is 13.0. The summed E-state index contributed by atoms with van der Waals surface area (Å²) in [7, 11) is 2.15. The summed E-state index contributed by atoms with van der Waals surface area (Å²) in [5.41, 5.74) is 1.09. The van der Waals surface area contributed by atoms with Gasteiger partial charge in [-0.2, -0.15) is 0 Å². The van der Waals surface area contributed by atoms with Crippen molar-refractivity contribution in [2.75, 3.05) is 32.0 Å². The molecule has 0 saturated carbocycles. The Morgan fingerprint density at radius 3 is 2.78 bits per heavy atom. The van der Waals surface area contributed by atoms with Gasteiger partial charge in [-0.25, -0.2) is 0 Å².